The van der Waals surface area contributed by atoms with Crippen LogP contribution in [-0.4, -0.2) is 37.5 Å². The Morgan fingerprint density at radius 3 is 2.31 bits per heavy atom. The highest BCUT2D eigenvalue weighted by Gasteiger charge is 2.72. The molecule has 0 unspecified atom stereocenters. The molecule has 1 heterocycles. The molecule has 0 aromatic heterocycles. The summed E-state index contributed by atoms with van der Waals surface area (Å²) in [7, 11) is 0. The van der Waals surface area contributed by atoms with Crippen molar-refractivity contribution in [3.63, 3.8) is 0 Å². The van der Waals surface area contributed by atoms with E-state index in [9.17, 15) is 31.1 Å². The van der Waals surface area contributed by atoms with E-state index in [1.807, 2.05) is 0 Å². The summed E-state index contributed by atoms with van der Waals surface area (Å²) >= 11 is 0. The average molecular weight is 388 g/mol. The number of ether oxygens (including phenoxy) is 3. The van der Waals surface area contributed by atoms with E-state index in [1.165, 1.54) is 30.4 Å². The van der Waals surface area contributed by atoms with Crippen molar-refractivity contribution in [1.82, 2.24) is 10.6 Å². The maximum absolute atomic E-state index is 13.3. The van der Waals surface area contributed by atoms with Gasteiger partial charge in [0.25, 0.3) is 5.66 Å². The van der Waals surface area contributed by atoms with E-state index >= 15 is 0 Å². The van der Waals surface area contributed by atoms with Crippen LogP contribution in [0.25, 0.3) is 0 Å². The van der Waals surface area contributed by atoms with Gasteiger partial charge in [-0.05, 0) is 24.6 Å². The molecule has 2 N–H and O–H groups in total. The molecule has 0 fully saturated rings. The third-order valence-corrected chi connectivity index (χ3v) is 3.41. The van der Waals surface area contributed by atoms with Crippen LogP contribution < -0.4 is 20.1 Å². The molecule has 1 aliphatic heterocycles. The zero-order valence-corrected chi connectivity index (χ0v) is 13.3. The summed E-state index contributed by atoms with van der Waals surface area (Å²) < 4.78 is 94.0. The Labute approximate surface area is 143 Å². The van der Waals surface area contributed by atoms with E-state index in [2.05, 4.69) is 4.74 Å². The summed E-state index contributed by atoms with van der Waals surface area (Å²) in [4.78, 5) is 11.3. The highest BCUT2D eigenvalue weighted by atomic mass is 19.4. The van der Waals surface area contributed by atoms with Gasteiger partial charge in [0, 0.05) is 6.54 Å². The number of hydrogen-bond donors (Lipinski definition) is 2. The first-order valence-electron chi connectivity index (χ1n) is 7.22. The third kappa shape index (κ3) is 3.89. The lowest BCUT2D eigenvalue weighted by molar-refractivity contribution is -0.315. The summed E-state index contributed by atoms with van der Waals surface area (Å²) in [5.74, 6) is 0.503. The molecule has 12 heteroatoms. The number of alkyl halides is 6. The summed E-state index contributed by atoms with van der Waals surface area (Å²) in [6.45, 7) is -0.143. The van der Waals surface area contributed by atoms with E-state index in [0.717, 1.165) is 5.32 Å². The SMILES string of the molecule is CCOC(=O)NC(NCc1ccc2c(c1)OCO2)(C(F)(F)F)C(F)(F)F. The number of benzene rings is 1. The maximum Gasteiger partial charge on any atom is 0.434 e. The number of amides is 1. The van der Waals surface area contributed by atoms with Crippen LogP contribution in [0.3, 0.4) is 0 Å². The maximum atomic E-state index is 13.3. The molecule has 1 aromatic rings. The number of alkyl carbamates (subject to hydrolysis) is 1. The number of hydrogen-bond acceptors (Lipinski definition) is 5. The average Bonchev–Trinajstić information content (AvgIpc) is 2.96. The van der Waals surface area contributed by atoms with Gasteiger partial charge in [0.05, 0.1) is 6.61 Å². The van der Waals surface area contributed by atoms with Gasteiger partial charge < -0.3 is 14.2 Å². The second-order valence-corrected chi connectivity index (χ2v) is 5.13. The standard InChI is InChI=1S/C14H14F6N2O4/c1-2-24-11(23)22-12(13(15,16)17,14(18,19)20)21-6-8-3-4-9-10(5-8)26-7-25-9/h3-5,21H,2,6-7H2,1H3,(H,22,23). The molecule has 0 bridgehead atoms. The van der Waals surface area contributed by atoms with E-state index in [-0.39, 0.29) is 18.1 Å². The normalized spacial score (nSPS) is 14.3. The molecule has 0 radical (unpaired) electrons. The van der Waals surface area contributed by atoms with Crippen LogP contribution in [0.15, 0.2) is 18.2 Å². The summed E-state index contributed by atoms with van der Waals surface area (Å²) in [6, 6.07) is 3.85. The van der Waals surface area contributed by atoms with Gasteiger partial charge in [-0.2, -0.15) is 26.3 Å². The molecule has 0 atom stereocenters. The second kappa shape index (κ2) is 7.09. The second-order valence-electron chi connectivity index (χ2n) is 5.13. The van der Waals surface area contributed by atoms with Crippen LogP contribution in [0, 0.1) is 0 Å². The smallest absolute Gasteiger partial charge is 0.434 e. The molecule has 2 rings (SSSR count). The molecule has 0 saturated heterocycles. The van der Waals surface area contributed by atoms with Crippen molar-refractivity contribution in [3.8, 4) is 11.5 Å². The zero-order chi connectivity index (χ0) is 19.6. The molecule has 6 nitrogen and oxygen atoms in total. The third-order valence-electron chi connectivity index (χ3n) is 3.41. The quantitative estimate of drug-likeness (QED) is 0.600. The van der Waals surface area contributed by atoms with E-state index in [0.29, 0.717) is 5.75 Å². The lowest BCUT2D eigenvalue weighted by Gasteiger charge is -2.38. The number of halogens is 6. The molecule has 0 aliphatic carbocycles. The van der Waals surface area contributed by atoms with Crippen molar-refractivity contribution in [2.24, 2.45) is 0 Å². The molecule has 146 valence electrons. The molecule has 1 amide bonds. The van der Waals surface area contributed by atoms with Crippen molar-refractivity contribution < 1.29 is 45.3 Å². The van der Waals surface area contributed by atoms with Crippen molar-refractivity contribution in [2.45, 2.75) is 31.5 Å². The molecule has 1 aliphatic rings. The van der Waals surface area contributed by atoms with Gasteiger partial charge in [0.15, 0.2) is 11.5 Å². The van der Waals surface area contributed by atoms with Gasteiger partial charge in [0.2, 0.25) is 6.79 Å². The highest BCUT2D eigenvalue weighted by molar-refractivity contribution is 5.68. The fraction of sp³-hybridized carbons (Fsp3) is 0.500. The van der Waals surface area contributed by atoms with Crippen LogP contribution in [0.2, 0.25) is 0 Å². The number of nitrogens with one attached hydrogen (secondary N) is 2. The Morgan fingerprint density at radius 1 is 1.12 bits per heavy atom. The van der Waals surface area contributed by atoms with Crippen LogP contribution >= 0.6 is 0 Å². The van der Waals surface area contributed by atoms with Gasteiger partial charge in [-0.15, -0.1) is 0 Å². The fourth-order valence-corrected chi connectivity index (χ4v) is 2.15. The Bertz CT molecular complexity index is 648. The summed E-state index contributed by atoms with van der Waals surface area (Å²) in [5.41, 5.74) is -4.64. The molecular formula is C14H14F6N2O4. The van der Waals surface area contributed by atoms with Gasteiger partial charge in [-0.25, -0.2) is 4.79 Å². The van der Waals surface area contributed by atoms with Crippen LogP contribution in [-0.2, 0) is 11.3 Å². The van der Waals surface area contributed by atoms with Crippen LogP contribution in [0.5, 0.6) is 11.5 Å². The lowest BCUT2D eigenvalue weighted by atomic mass is 10.1. The Hall–Kier alpha value is -2.37. The lowest BCUT2D eigenvalue weighted by Crippen LogP contribution is -2.75. The number of carbonyl (C=O) groups excluding carboxylic acids is 1. The predicted octanol–water partition coefficient (Wildman–Crippen LogP) is 3.07. The minimum absolute atomic E-state index is 0.0535. The summed E-state index contributed by atoms with van der Waals surface area (Å²) in [6.07, 6.45) is -13.6. The first-order chi connectivity index (χ1) is 12.0. The molecular weight excluding hydrogens is 374 g/mol. The largest absolute Gasteiger partial charge is 0.454 e. The Morgan fingerprint density at radius 2 is 1.73 bits per heavy atom. The van der Waals surface area contributed by atoms with Gasteiger partial charge >= 0.3 is 18.4 Å². The van der Waals surface area contributed by atoms with Crippen molar-refractivity contribution >= 4 is 6.09 Å². The Kier molecular flexibility index (Phi) is 5.44. The number of carbonyl (C=O) groups is 1. The van der Waals surface area contributed by atoms with Crippen LogP contribution in [0.1, 0.15) is 12.5 Å². The highest BCUT2D eigenvalue weighted by Crippen LogP contribution is 2.42. The minimum Gasteiger partial charge on any atom is -0.454 e. The van der Waals surface area contributed by atoms with Crippen LogP contribution in [0.4, 0.5) is 31.1 Å². The van der Waals surface area contributed by atoms with Gasteiger partial charge in [-0.3, -0.25) is 10.6 Å². The molecule has 1 aromatic carbocycles. The zero-order valence-electron chi connectivity index (χ0n) is 13.3. The number of fused-ring (bicyclic) bond motifs is 1. The van der Waals surface area contributed by atoms with Crippen molar-refractivity contribution in [2.75, 3.05) is 13.4 Å². The topological polar surface area (TPSA) is 68.8 Å². The first-order valence-corrected chi connectivity index (χ1v) is 7.22. The molecule has 26 heavy (non-hydrogen) atoms. The van der Waals surface area contributed by atoms with Gasteiger partial charge in [-0.1, -0.05) is 6.07 Å². The number of rotatable bonds is 5. The Balaban J connectivity index is 2.29. The molecule has 0 saturated carbocycles. The predicted molar refractivity (Wildman–Crippen MR) is 74.4 cm³/mol. The fourth-order valence-electron chi connectivity index (χ4n) is 2.15. The summed E-state index contributed by atoms with van der Waals surface area (Å²) in [5, 5.41) is 2.21. The van der Waals surface area contributed by atoms with E-state index in [4.69, 9.17) is 9.47 Å². The monoisotopic (exact) mass is 388 g/mol. The van der Waals surface area contributed by atoms with Crippen molar-refractivity contribution in [3.05, 3.63) is 23.8 Å². The van der Waals surface area contributed by atoms with Crippen molar-refractivity contribution in [1.29, 1.82) is 0 Å². The molecule has 0 spiro atoms. The minimum atomic E-state index is -5.89. The van der Waals surface area contributed by atoms with E-state index in [1.54, 1.807) is 0 Å². The van der Waals surface area contributed by atoms with E-state index < -0.39 is 37.3 Å². The first kappa shape index (κ1) is 19.9. The van der Waals surface area contributed by atoms with Gasteiger partial charge in [0.1, 0.15) is 0 Å².